The maximum atomic E-state index is 2.36. The van der Waals surface area contributed by atoms with Gasteiger partial charge in [0.05, 0.1) is 0 Å². The summed E-state index contributed by atoms with van der Waals surface area (Å²) in [4.78, 5) is 2.36. The minimum atomic E-state index is 0.723. The first-order chi connectivity index (χ1) is 6.20. The Kier molecular flexibility index (Phi) is 2.03. The van der Waals surface area contributed by atoms with Gasteiger partial charge in [0, 0.05) is 25.2 Å². The summed E-state index contributed by atoms with van der Waals surface area (Å²) in [6, 6.07) is 8.76. The third-order valence-corrected chi connectivity index (χ3v) is 3.02. The van der Waals surface area contributed by atoms with Gasteiger partial charge in [-0.05, 0) is 17.5 Å². The number of benzene rings is 1. The van der Waals surface area contributed by atoms with E-state index in [2.05, 4.69) is 50.1 Å². The van der Waals surface area contributed by atoms with Crippen LogP contribution in [0.25, 0.3) is 0 Å². The molecule has 1 aromatic carbocycles. The number of hydrogen-bond acceptors (Lipinski definition) is 1. The minimum absolute atomic E-state index is 0.723. The average molecular weight is 175 g/mol. The van der Waals surface area contributed by atoms with Gasteiger partial charge in [-0.15, -0.1) is 0 Å². The second-order valence-corrected chi connectivity index (χ2v) is 4.29. The molecule has 1 aliphatic rings. The molecule has 0 saturated heterocycles. The first-order valence-electron chi connectivity index (χ1n) is 5.00. The summed E-state index contributed by atoms with van der Waals surface area (Å²) in [7, 11) is 2.18. The standard InChI is InChI=1S/C12H17N/c1-9(2)11-8-13(3)12-7-5-4-6-10(11)12/h4-7,9,11H,8H2,1-3H3/t11-/m1/s1. The zero-order chi connectivity index (χ0) is 9.42. The number of nitrogens with zero attached hydrogens (tertiary/aromatic N) is 1. The summed E-state index contributed by atoms with van der Waals surface area (Å²) in [6.07, 6.45) is 0. The lowest BCUT2D eigenvalue weighted by molar-refractivity contribution is 0.521. The summed E-state index contributed by atoms with van der Waals surface area (Å²) in [6.45, 7) is 5.79. The van der Waals surface area contributed by atoms with Gasteiger partial charge >= 0.3 is 0 Å². The largest absolute Gasteiger partial charge is 0.374 e. The number of hydrogen-bond donors (Lipinski definition) is 0. The van der Waals surface area contributed by atoms with Crippen LogP contribution in [0.1, 0.15) is 25.3 Å². The van der Waals surface area contributed by atoms with E-state index < -0.39 is 0 Å². The molecular weight excluding hydrogens is 158 g/mol. The highest BCUT2D eigenvalue weighted by Crippen LogP contribution is 2.38. The maximum absolute atomic E-state index is 2.36. The van der Waals surface area contributed by atoms with E-state index in [0.717, 1.165) is 11.8 Å². The van der Waals surface area contributed by atoms with E-state index in [9.17, 15) is 0 Å². The van der Waals surface area contributed by atoms with Crippen LogP contribution in [-0.4, -0.2) is 13.6 Å². The fourth-order valence-electron chi connectivity index (χ4n) is 2.21. The van der Waals surface area contributed by atoms with E-state index >= 15 is 0 Å². The Balaban J connectivity index is 2.41. The smallest absolute Gasteiger partial charge is 0.0399 e. The van der Waals surface area contributed by atoms with Crippen molar-refractivity contribution in [1.82, 2.24) is 0 Å². The summed E-state index contributed by atoms with van der Waals surface area (Å²) in [5, 5.41) is 0. The molecule has 0 radical (unpaired) electrons. The fraction of sp³-hybridized carbons (Fsp3) is 0.500. The number of likely N-dealkylation sites (N-methyl/N-ethyl adjacent to an activating group) is 1. The highest BCUT2D eigenvalue weighted by Gasteiger charge is 2.27. The van der Waals surface area contributed by atoms with Crippen molar-refractivity contribution >= 4 is 5.69 Å². The molecule has 70 valence electrons. The van der Waals surface area contributed by atoms with Crippen LogP contribution in [0.2, 0.25) is 0 Å². The average Bonchev–Trinajstić information content (AvgIpc) is 2.45. The van der Waals surface area contributed by atoms with E-state index in [1.165, 1.54) is 17.8 Å². The Labute approximate surface area is 80.4 Å². The Morgan fingerprint density at radius 3 is 2.69 bits per heavy atom. The number of rotatable bonds is 1. The molecule has 0 amide bonds. The van der Waals surface area contributed by atoms with Gasteiger partial charge in [-0.3, -0.25) is 0 Å². The van der Waals surface area contributed by atoms with Crippen molar-refractivity contribution in [3.63, 3.8) is 0 Å². The highest BCUT2D eigenvalue weighted by atomic mass is 15.1. The molecule has 2 rings (SSSR count). The topological polar surface area (TPSA) is 3.24 Å². The zero-order valence-corrected chi connectivity index (χ0v) is 8.62. The van der Waals surface area contributed by atoms with E-state index in [1.807, 2.05) is 0 Å². The summed E-state index contributed by atoms with van der Waals surface area (Å²) >= 11 is 0. The molecule has 0 spiro atoms. The molecule has 0 fully saturated rings. The van der Waals surface area contributed by atoms with Crippen LogP contribution in [0.3, 0.4) is 0 Å². The second kappa shape index (κ2) is 3.06. The van der Waals surface area contributed by atoms with Gasteiger partial charge in [0.25, 0.3) is 0 Å². The van der Waals surface area contributed by atoms with Gasteiger partial charge in [0.15, 0.2) is 0 Å². The molecule has 1 heteroatoms. The van der Waals surface area contributed by atoms with Crippen LogP contribution in [0, 0.1) is 5.92 Å². The predicted octanol–water partition coefficient (Wildman–Crippen LogP) is 2.88. The van der Waals surface area contributed by atoms with Crippen LogP contribution < -0.4 is 4.90 Å². The van der Waals surface area contributed by atoms with Crippen molar-refractivity contribution in [2.75, 3.05) is 18.5 Å². The predicted molar refractivity (Wildman–Crippen MR) is 57.3 cm³/mol. The zero-order valence-electron chi connectivity index (χ0n) is 8.62. The van der Waals surface area contributed by atoms with Crippen LogP contribution in [-0.2, 0) is 0 Å². The monoisotopic (exact) mass is 175 g/mol. The van der Waals surface area contributed by atoms with Crippen molar-refractivity contribution < 1.29 is 0 Å². The highest BCUT2D eigenvalue weighted by molar-refractivity contribution is 5.59. The van der Waals surface area contributed by atoms with Gasteiger partial charge in [-0.25, -0.2) is 0 Å². The molecule has 0 aliphatic carbocycles. The van der Waals surface area contributed by atoms with E-state index in [0.29, 0.717) is 0 Å². The fourth-order valence-corrected chi connectivity index (χ4v) is 2.21. The molecule has 1 atom stereocenters. The van der Waals surface area contributed by atoms with Crippen LogP contribution >= 0.6 is 0 Å². The van der Waals surface area contributed by atoms with Crippen molar-refractivity contribution in [3.05, 3.63) is 29.8 Å². The third kappa shape index (κ3) is 1.32. The molecule has 0 saturated carbocycles. The van der Waals surface area contributed by atoms with Crippen molar-refractivity contribution in [2.45, 2.75) is 19.8 Å². The number of fused-ring (bicyclic) bond motifs is 1. The molecule has 0 N–H and O–H groups in total. The SMILES string of the molecule is CC(C)[C@H]1CN(C)c2ccccc21. The van der Waals surface area contributed by atoms with E-state index in [1.54, 1.807) is 0 Å². The normalized spacial score (nSPS) is 20.9. The molecular formula is C12H17N. The van der Waals surface area contributed by atoms with Gasteiger partial charge in [-0.1, -0.05) is 32.0 Å². The van der Waals surface area contributed by atoms with Crippen LogP contribution in [0.4, 0.5) is 5.69 Å². The summed E-state index contributed by atoms with van der Waals surface area (Å²) in [5.41, 5.74) is 2.95. The van der Waals surface area contributed by atoms with Gasteiger partial charge in [0.2, 0.25) is 0 Å². The Hall–Kier alpha value is -0.980. The van der Waals surface area contributed by atoms with E-state index in [-0.39, 0.29) is 0 Å². The molecule has 1 heterocycles. The quantitative estimate of drug-likeness (QED) is 0.634. The Morgan fingerprint density at radius 1 is 1.31 bits per heavy atom. The van der Waals surface area contributed by atoms with Crippen LogP contribution in [0.15, 0.2) is 24.3 Å². The van der Waals surface area contributed by atoms with E-state index in [4.69, 9.17) is 0 Å². The first-order valence-corrected chi connectivity index (χ1v) is 5.00. The summed E-state index contributed by atoms with van der Waals surface area (Å²) in [5.74, 6) is 1.47. The third-order valence-electron chi connectivity index (χ3n) is 3.02. The Morgan fingerprint density at radius 2 is 2.00 bits per heavy atom. The Bertz CT molecular complexity index is 304. The lowest BCUT2D eigenvalue weighted by atomic mass is 9.90. The van der Waals surface area contributed by atoms with Crippen molar-refractivity contribution in [3.8, 4) is 0 Å². The van der Waals surface area contributed by atoms with Gasteiger partial charge in [0.1, 0.15) is 0 Å². The molecule has 1 aliphatic heterocycles. The molecule has 1 nitrogen and oxygen atoms in total. The number of anilines is 1. The molecule has 1 aromatic rings. The minimum Gasteiger partial charge on any atom is -0.374 e. The maximum Gasteiger partial charge on any atom is 0.0399 e. The number of para-hydroxylation sites is 1. The second-order valence-electron chi connectivity index (χ2n) is 4.29. The molecule has 0 aromatic heterocycles. The molecule has 0 bridgehead atoms. The van der Waals surface area contributed by atoms with Crippen molar-refractivity contribution in [2.24, 2.45) is 5.92 Å². The first kappa shape index (κ1) is 8.61. The van der Waals surface area contributed by atoms with Gasteiger partial charge in [-0.2, -0.15) is 0 Å². The molecule has 13 heavy (non-hydrogen) atoms. The lowest BCUT2D eigenvalue weighted by Gasteiger charge is -2.15. The summed E-state index contributed by atoms with van der Waals surface area (Å²) < 4.78 is 0. The van der Waals surface area contributed by atoms with Crippen molar-refractivity contribution in [1.29, 1.82) is 0 Å². The lowest BCUT2D eigenvalue weighted by Crippen LogP contribution is -2.17. The van der Waals surface area contributed by atoms with Gasteiger partial charge < -0.3 is 4.90 Å². The van der Waals surface area contributed by atoms with Crippen LogP contribution in [0.5, 0.6) is 0 Å². The molecule has 0 unspecified atom stereocenters.